The zero-order valence-electron chi connectivity index (χ0n) is 14.6. The van der Waals surface area contributed by atoms with Gasteiger partial charge in [-0.25, -0.2) is 4.98 Å². The molecule has 0 unspecified atom stereocenters. The highest BCUT2D eigenvalue weighted by molar-refractivity contribution is 6.37. The van der Waals surface area contributed by atoms with Gasteiger partial charge in [0.2, 0.25) is 5.91 Å². The van der Waals surface area contributed by atoms with Crippen molar-refractivity contribution in [2.24, 2.45) is 5.41 Å². The van der Waals surface area contributed by atoms with Crippen LogP contribution in [-0.2, 0) is 9.59 Å². The van der Waals surface area contributed by atoms with Crippen molar-refractivity contribution in [3.63, 3.8) is 0 Å². The van der Waals surface area contributed by atoms with Gasteiger partial charge in [-0.2, -0.15) is 0 Å². The number of hydrogen-bond donors (Lipinski definition) is 2. The largest absolute Gasteiger partial charge is 0.321 e. The van der Waals surface area contributed by atoms with Crippen molar-refractivity contribution in [1.29, 1.82) is 0 Å². The van der Waals surface area contributed by atoms with Gasteiger partial charge in [0.25, 0.3) is 5.91 Å². The smallest absolute Gasteiger partial charge is 0.273 e. The minimum atomic E-state index is -0.686. The topological polar surface area (TPSA) is 71.1 Å². The van der Waals surface area contributed by atoms with Crippen LogP contribution in [0, 0.1) is 5.41 Å². The van der Waals surface area contributed by atoms with Gasteiger partial charge in [-0.15, -0.1) is 0 Å². The summed E-state index contributed by atoms with van der Waals surface area (Å²) in [6, 6.07) is 10.1. The van der Waals surface area contributed by atoms with Gasteiger partial charge >= 0.3 is 0 Å². The Labute approximate surface area is 162 Å². The molecule has 0 atom stereocenters. The average molecular weight is 392 g/mol. The third-order valence-electron chi connectivity index (χ3n) is 3.37. The Hall–Kier alpha value is -2.37. The van der Waals surface area contributed by atoms with E-state index in [9.17, 15) is 9.59 Å². The first-order valence-electron chi connectivity index (χ1n) is 7.88. The summed E-state index contributed by atoms with van der Waals surface area (Å²) in [5.41, 5.74) is -0.226. The molecule has 2 N–H and O–H groups in total. The molecule has 26 heavy (non-hydrogen) atoms. The lowest BCUT2D eigenvalue weighted by atomic mass is 9.95. The number of anilines is 1. The van der Waals surface area contributed by atoms with Crippen LogP contribution in [0.2, 0.25) is 10.0 Å². The van der Waals surface area contributed by atoms with Crippen molar-refractivity contribution in [2.45, 2.75) is 20.8 Å². The van der Waals surface area contributed by atoms with Crippen LogP contribution in [0.4, 0.5) is 5.82 Å². The van der Waals surface area contributed by atoms with Gasteiger partial charge in [0.15, 0.2) is 0 Å². The zero-order valence-corrected chi connectivity index (χ0v) is 16.2. The molecule has 0 saturated carbocycles. The molecule has 1 aromatic heterocycles. The van der Waals surface area contributed by atoms with Gasteiger partial charge < -0.3 is 10.6 Å². The van der Waals surface area contributed by atoms with Crippen molar-refractivity contribution in [3.8, 4) is 0 Å². The Morgan fingerprint density at radius 2 is 1.69 bits per heavy atom. The summed E-state index contributed by atoms with van der Waals surface area (Å²) in [7, 11) is 0. The van der Waals surface area contributed by atoms with Gasteiger partial charge in [0.1, 0.15) is 11.5 Å². The molecule has 0 bridgehead atoms. The summed E-state index contributed by atoms with van der Waals surface area (Å²) >= 11 is 12.4. The van der Waals surface area contributed by atoms with E-state index >= 15 is 0 Å². The van der Waals surface area contributed by atoms with Crippen LogP contribution in [0.3, 0.4) is 0 Å². The number of rotatable bonds is 4. The lowest BCUT2D eigenvalue weighted by molar-refractivity contribution is -0.128. The predicted octanol–water partition coefficient (Wildman–Crippen LogP) is 4.53. The Morgan fingerprint density at radius 1 is 1.04 bits per heavy atom. The number of hydrogen-bond acceptors (Lipinski definition) is 3. The molecular formula is C19H19Cl2N3O2. The standard InChI is InChI=1S/C19H19Cl2N3O2/c1-19(2,3)18(26)23-15(11-12-13(20)7-6-8-14(12)21)17(25)24-16-9-4-5-10-22-16/h4-11H,1-3H3,(H,23,26)(H,22,24,25)/b15-11+. The first-order chi connectivity index (χ1) is 12.2. The molecule has 0 saturated heterocycles. The second-order valence-corrected chi connectivity index (χ2v) is 7.38. The molecule has 0 fully saturated rings. The summed E-state index contributed by atoms with van der Waals surface area (Å²) < 4.78 is 0. The first-order valence-corrected chi connectivity index (χ1v) is 8.63. The number of halogens is 2. The highest BCUT2D eigenvalue weighted by Crippen LogP contribution is 2.27. The molecule has 0 aliphatic rings. The molecule has 1 aromatic carbocycles. The summed E-state index contributed by atoms with van der Waals surface area (Å²) in [5.74, 6) is -0.487. The maximum atomic E-state index is 12.7. The number of carbonyl (C=O) groups is 2. The van der Waals surface area contributed by atoms with E-state index in [4.69, 9.17) is 23.2 Å². The van der Waals surface area contributed by atoms with E-state index in [1.54, 1.807) is 63.4 Å². The Bertz CT molecular complexity index is 823. The van der Waals surface area contributed by atoms with Crippen molar-refractivity contribution >= 4 is 46.9 Å². The van der Waals surface area contributed by atoms with Crippen molar-refractivity contribution in [3.05, 3.63) is 63.9 Å². The molecule has 0 radical (unpaired) electrons. The lowest BCUT2D eigenvalue weighted by Crippen LogP contribution is -2.38. The summed E-state index contributed by atoms with van der Waals surface area (Å²) in [6.07, 6.45) is 3.00. The van der Waals surface area contributed by atoms with Gasteiger partial charge in [-0.1, -0.05) is 56.1 Å². The van der Waals surface area contributed by atoms with E-state index in [0.717, 1.165) is 0 Å². The molecule has 2 aromatic rings. The van der Waals surface area contributed by atoms with Gasteiger partial charge in [0, 0.05) is 27.2 Å². The molecule has 0 aliphatic heterocycles. The number of benzene rings is 1. The van der Waals surface area contributed by atoms with E-state index in [2.05, 4.69) is 15.6 Å². The van der Waals surface area contributed by atoms with E-state index in [0.29, 0.717) is 21.4 Å². The zero-order chi connectivity index (χ0) is 19.3. The van der Waals surface area contributed by atoms with E-state index in [1.165, 1.54) is 6.08 Å². The summed E-state index contributed by atoms with van der Waals surface area (Å²) in [4.78, 5) is 29.1. The number of pyridine rings is 1. The maximum Gasteiger partial charge on any atom is 0.273 e. The number of amides is 2. The van der Waals surface area contributed by atoms with Crippen molar-refractivity contribution in [1.82, 2.24) is 10.3 Å². The second kappa shape index (κ2) is 8.34. The number of aromatic nitrogens is 1. The van der Waals surface area contributed by atoms with Crippen LogP contribution in [0.5, 0.6) is 0 Å². The minimum Gasteiger partial charge on any atom is -0.321 e. The average Bonchev–Trinajstić information content (AvgIpc) is 2.57. The molecule has 136 valence electrons. The van der Waals surface area contributed by atoms with Gasteiger partial charge in [-0.05, 0) is 30.3 Å². The lowest BCUT2D eigenvalue weighted by Gasteiger charge is -2.19. The van der Waals surface area contributed by atoms with Crippen LogP contribution in [0.1, 0.15) is 26.3 Å². The summed E-state index contributed by atoms with van der Waals surface area (Å²) in [5, 5.41) is 6.02. The molecule has 0 spiro atoms. The molecular weight excluding hydrogens is 373 g/mol. The van der Waals surface area contributed by atoms with Gasteiger partial charge in [0.05, 0.1) is 0 Å². The Kier molecular flexibility index (Phi) is 6.40. The van der Waals surface area contributed by atoms with Crippen molar-refractivity contribution in [2.75, 3.05) is 5.32 Å². The number of nitrogens with zero attached hydrogens (tertiary/aromatic N) is 1. The fraction of sp³-hybridized carbons (Fsp3) is 0.211. The van der Waals surface area contributed by atoms with Crippen LogP contribution in [-0.4, -0.2) is 16.8 Å². The van der Waals surface area contributed by atoms with Crippen LogP contribution in [0.15, 0.2) is 48.3 Å². The second-order valence-electron chi connectivity index (χ2n) is 6.57. The molecule has 7 heteroatoms. The van der Waals surface area contributed by atoms with E-state index in [-0.39, 0.29) is 11.6 Å². The third kappa shape index (κ3) is 5.31. The van der Waals surface area contributed by atoms with Gasteiger partial charge in [-0.3, -0.25) is 9.59 Å². The van der Waals surface area contributed by atoms with Crippen LogP contribution >= 0.6 is 23.2 Å². The van der Waals surface area contributed by atoms with Crippen LogP contribution < -0.4 is 10.6 Å². The monoisotopic (exact) mass is 391 g/mol. The molecule has 2 amide bonds. The quantitative estimate of drug-likeness (QED) is 0.751. The fourth-order valence-electron chi connectivity index (χ4n) is 1.88. The van der Waals surface area contributed by atoms with E-state index < -0.39 is 11.3 Å². The minimum absolute atomic E-state index is 0.0191. The molecule has 2 rings (SSSR count). The van der Waals surface area contributed by atoms with Crippen molar-refractivity contribution < 1.29 is 9.59 Å². The first kappa shape index (κ1) is 19.9. The van der Waals surface area contributed by atoms with Crippen LogP contribution in [0.25, 0.3) is 6.08 Å². The molecule has 1 heterocycles. The SMILES string of the molecule is CC(C)(C)C(=O)N/C(=C/c1c(Cl)cccc1Cl)C(=O)Nc1ccccn1. The highest BCUT2D eigenvalue weighted by Gasteiger charge is 2.24. The third-order valence-corrected chi connectivity index (χ3v) is 4.03. The number of nitrogens with one attached hydrogen (secondary N) is 2. The normalized spacial score (nSPS) is 11.8. The van der Waals surface area contributed by atoms with E-state index in [1.807, 2.05) is 0 Å². The maximum absolute atomic E-state index is 12.7. The number of carbonyl (C=O) groups excluding carboxylic acids is 2. The Balaban J connectivity index is 2.40. The highest BCUT2D eigenvalue weighted by atomic mass is 35.5. The summed E-state index contributed by atoms with van der Waals surface area (Å²) in [6.45, 7) is 5.25. The molecule has 0 aliphatic carbocycles. The predicted molar refractivity (Wildman–Crippen MR) is 105 cm³/mol. The molecule has 5 nitrogen and oxygen atoms in total. The Morgan fingerprint density at radius 3 is 2.23 bits per heavy atom. The fourth-order valence-corrected chi connectivity index (χ4v) is 2.39.